The Bertz CT molecular complexity index is 184. The molecule has 16 heavy (non-hydrogen) atoms. The molecule has 0 aliphatic rings. The van der Waals surface area contributed by atoms with Crippen LogP contribution in [0.3, 0.4) is 0 Å². The Hall–Kier alpha value is -0.810. The van der Waals surface area contributed by atoms with Gasteiger partial charge in [0.1, 0.15) is 5.84 Å². The van der Waals surface area contributed by atoms with Gasteiger partial charge in [-0.1, -0.05) is 19.0 Å². The van der Waals surface area contributed by atoms with Gasteiger partial charge < -0.3 is 21.0 Å². The first-order valence-electron chi connectivity index (χ1n) is 5.91. The molecule has 0 aliphatic heterocycles. The van der Waals surface area contributed by atoms with Gasteiger partial charge in [0, 0.05) is 19.6 Å². The number of ether oxygens (including phenoxy) is 1. The molecule has 0 spiro atoms. The minimum Gasteiger partial charge on any atom is -0.409 e. The number of nitrogens with one attached hydrogen (secondary N) is 1. The molecule has 4 N–H and O–H groups in total. The molecule has 5 nitrogen and oxygen atoms in total. The van der Waals surface area contributed by atoms with Crippen LogP contribution >= 0.6 is 0 Å². The lowest BCUT2D eigenvalue weighted by Gasteiger charge is -2.07. The third kappa shape index (κ3) is 11.3. The zero-order chi connectivity index (χ0) is 12.2. The summed E-state index contributed by atoms with van der Waals surface area (Å²) in [6, 6.07) is 0. The lowest BCUT2D eigenvalue weighted by Crippen LogP contribution is -2.22. The van der Waals surface area contributed by atoms with Crippen molar-refractivity contribution in [3.8, 4) is 0 Å². The van der Waals surface area contributed by atoms with Crippen LogP contribution in [-0.2, 0) is 4.74 Å². The first-order chi connectivity index (χ1) is 7.66. The van der Waals surface area contributed by atoms with Gasteiger partial charge in [-0.05, 0) is 25.3 Å². The first kappa shape index (κ1) is 15.2. The number of amidine groups is 1. The second-order valence-electron chi connectivity index (χ2n) is 4.24. The molecule has 96 valence electrons. The van der Waals surface area contributed by atoms with Crippen molar-refractivity contribution in [1.29, 1.82) is 0 Å². The fourth-order valence-corrected chi connectivity index (χ4v) is 1.13. The van der Waals surface area contributed by atoms with Gasteiger partial charge in [0.05, 0.1) is 6.61 Å². The van der Waals surface area contributed by atoms with Crippen molar-refractivity contribution in [1.82, 2.24) is 5.32 Å². The van der Waals surface area contributed by atoms with E-state index in [-0.39, 0.29) is 5.84 Å². The summed E-state index contributed by atoms with van der Waals surface area (Å²) in [5.74, 6) is 0.990. The zero-order valence-electron chi connectivity index (χ0n) is 10.4. The van der Waals surface area contributed by atoms with Gasteiger partial charge in [-0.15, -0.1) is 0 Å². The van der Waals surface area contributed by atoms with Crippen LogP contribution in [0.15, 0.2) is 5.16 Å². The number of hydrogen-bond donors (Lipinski definition) is 3. The second kappa shape index (κ2) is 10.7. The van der Waals surface area contributed by atoms with Crippen LogP contribution in [0.2, 0.25) is 0 Å². The fourth-order valence-electron chi connectivity index (χ4n) is 1.13. The monoisotopic (exact) mass is 231 g/mol. The maximum absolute atomic E-state index is 8.30. The van der Waals surface area contributed by atoms with E-state index < -0.39 is 0 Å². The van der Waals surface area contributed by atoms with E-state index in [1.54, 1.807) is 0 Å². The minimum absolute atomic E-state index is 0.287. The number of rotatable bonds is 10. The highest BCUT2D eigenvalue weighted by Crippen LogP contribution is 1.98. The normalized spacial score (nSPS) is 12.3. The average Bonchev–Trinajstić information content (AvgIpc) is 2.26. The lowest BCUT2D eigenvalue weighted by atomic mass is 10.1. The van der Waals surface area contributed by atoms with Crippen molar-refractivity contribution in [2.45, 2.75) is 33.1 Å². The highest BCUT2D eigenvalue weighted by atomic mass is 16.5. The van der Waals surface area contributed by atoms with Crippen molar-refractivity contribution in [2.75, 3.05) is 26.3 Å². The standard InChI is InChI=1S/C11H25N3O2/c1-10(2)5-8-16-9-7-13-6-3-4-11(12)14-15/h10,13,15H,3-9H2,1-2H3,(H2,12,14). The molecule has 0 aromatic heterocycles. The van der Waals surface area contributed by atoms with Crippen molar-refractivity contribution < 1.29 is 9.94 Å². The van der Waals surface area contributed by atoms with Gasteiger partial charge in [0.15, 0.2) is 0 Å². The molecular formula is C11H25N3O2. The highest BCUT2D eigenvalue weighted by Gasteiger charge is 1.95. The summed E-state index contributed by atoms with van der Waals surface area (Å²) in [6.07, 6.45) is 2.61. The van der Waals surface area contributed by atoms with Crippen molar-refractivity contribution in [2.24, 2.45) is 16.8 Å². The molecule has 0 aromatic carbocycles. The molecule has 0 saturated heterocycles. The van der Waals surface area contributed by atoms with Crippen LogP contribution in [0, 0.1) is 5.92 Å². The van der Waals surface area contributed by atoms with Crippen LogP contribution in [-0.4, -0.2) is 37.3 Å². The van der Waals surface area contributed by atoms with E-state index in [9.17, 15) is 0 Å². The van der Waals surface area contributed by atoms with Crippen molar-refractivity contribution >= 4 is 5.84 Å². The maximum atomic E-state index is 8.30. The molecule has 0 rings (SSSR count). The van der Waals surface area contributed by atoms with Gasteiger partial charge in [0.2, 0.25) is 0 Å². The van der Waals surface area contributed by atoms with Crippen molar-refractivity contribution in [3.63, 3.8) is 0 Å². The Morgan fingerprint density at radius 3 is 2.75 bits per heavy atom. The summed E-state index contributed by atoms with van der Waals surface area (Å²) in [4.78, 5) is 0. The lowest BCUT2D eigenvalue weighted by molar-refractivity contribution is 0.125. The SMILES string of the molecule is CC(C)CCOCCNCCCC(N)=NO. The molecule has 0 unspecified atom stereocenters. The Balaban J connectivity index is 3.04. The van der Waals surface area contributed by atoms with Gasteiger partial charge in [-0.25, -0.2) is 0 Å². The smallest absolute Gasteiger partial charge is 0.139 e. The number of hydrogen-bond acceptors (Lipinski definition) is 4. The first-order valence-corrected chi connectivity index (χ1v) is 5.91. The zero-order valence-corrected chi connectivity index (χ0v) is 10.4. The summed E-state index contributed by atoms with van der Waals surface area (Å²) in [6.45, 7) is 7.68. The second-order valence-corrected chi connectivity index (χ2v) is 4.24. The van der Waals surface area contributed by atoms with E-state index in [1.807, 2.05) is 0 Å². The van der Waals surface area contributed by atoms with Crippen LogP contribution in [0.5, 0.6) is 0 Å². The van der Waals surface area contributed by atoms with Crippen LogP contribution in [0.25, 0.3) is 0 Å². The topological polar surface area (TPSA) is 79.9 Å². The molecule has 0 atom stereocenters. The van der Waals surface area contributed by atoms with Crippen molar-refractivity contribution in [3.05, 3.63) is 0 Å². The Morgan fingerprint density at radius 1 is 1.38 bits per heavy atom. The molecule has 0 aromatic rings. The summed E-state index contributed by atoms with van der Waals surface area (Å²) < 4.78 is 5.44. The number of nitrogens with two attached hydrogens (primary N) is 1. The number of nitrogens with zero attached hydrogens (tertiary/aromatic N) is 1. The predicted molar refractivity (Wildman–Crippen MR) is 65.8 cm³/mol. The van der Waals surface area contributed by atoms with Gasteiger partial charge >= 0.3 is 0 Å². The molecule has 0 amide bonds. The van der Waals surface area contributed by atoms with E-state index in [2.05, 4.69) is 24.3 Å². The average molecular weight is 231 g/mol. The highest BCUT2D eigenvalue weighted by molar-refractivity contribution is 5.79. The Morgan fingerprint density at radius 2 is 2.12 bits per heavy atom. The van der Waals surface area contributed by atoms with Crippen LogP contribution < -0.4 is 11.1 Å². The Labute approximate surface area is 98.0 Å². The van der Waals surface area contributed by atoms with E-state index in [1.165, 1.54) is 0 Å². The maximum Gasteiger partial charge on any atom is 0.139 e. The largest absolute Gasteiger partial charge is 0.409 e. The minimum atomic E-state index is 0.287. The molecule has 0 fully saturated rings. The van der Waals surface area contributed by atoms with Gasteiger partial charge in [-0.2, -0.15) is 0 Å². The van der Waals surface area contributed by atoms with Gasteiger partial charge in [0.25, 0.3) is 0 Å². The predicted octanol–water partition coefficient (Wildman–Crippen LogP) is 1.17. The molecular weight excluding hydrogens is 206 g/mol. The summed E-state index contributed by atoms with van der Waals surface area (Å²) in [7, 11) is 0. The van der Waals surface area contributed by atoms with Crippen LogP contribution in [0.4, 0.5) is 0 Å². The van der Waals surface area contributed by atoms with Gasteiger partial charge in [-0.3, -0.25) is 0 Å². The molecule has 0 heterocycles. The van der Waals surface area contributed by atoms with E-state index in [0.717, 1.165) is 39.1 Å². The summed E-state index contributed by atoms with van der Waals surface area (Å²) >= 11 is 0. The summed E-state index contributed by atoms with van der Waals surface area (Å²) in [5.41, 5.74) is 5.33. The Kier molecular flexibility index (Phi) is 10.2. The van der Waals surface area contributed by atoms with Crippen LogP contribution in [0.1, 0.15) is 33.1 Å². The molecule has 5 heteroatoms. The quantitative estimate of drug-likeness (QED) is 0.173. The molecule has 0 radical (unpaired) electrons. The molecule has 0 saturated carbocycles. The summed E-state index contributed by atoms with van der Waals surface area (Å²) in [5, 5.41) is 14.4. The number of oxime groups is 1. The van der Waals surface area contributed by atoms with E-state index in [4.69, 9.17) is 15.7 Å². The van der Waals surface area contributed by atoms with E-state index in [0.29, 0.717) is 12.3 Å². The third-order valence-electron chi connectivity index (χ3n) is 2.18. The molecule has 0 aliphatic carbocycles. The van der Waals surface area contributed by atoms with E-state index >= 15 is 0 Å². The third-order valence-corrected chi connectivity index (χ3v) is 2.18. The fraction of sp³-hybridized carbons (Fsp3) is 0.909. The molecule has 0 bridgehead atoms.